The smallest absolute Gasteiger partial charge is 0.230 e. The van der Waals surface area contributed by atoms with Crippen molar-refractivity contribution in [2.24, 2.45) is 10.9 Å². The molecule has 100 valence electrons. The Labute approximate surface area is 110 Å². The van der Waals surface area contributed by atoms with E-state index in [2.05, 4.69) is 22.2 Å². The van der Waals surface area contributed by atoms with Crippen LogP contribution in [0.1, 0.15) is 18.9 Å². The van der Waals surface area contributed by atoms with Gasteiger partial charge in [0, 0.05) is 12.7 Å². The van der Waals surface area contributed by atoms with Gasteiger partial charge in [-0.15, -0.1) is 0 Å². The van der Waals surface area contributed by atoms with Crippen molar-refractivity contribution >= 4 is 5.84 Å². The fourth-order valence-electron chi connectivity index (χ4n) is 1.58. The van der Waals surface area contributed by atoms with Gasteiger partial charge < -0.3 is 15.7 Å². The normalized spacial score (nSPS) is 11.5. The molecule has 0 aliphatic carbocycles. The Morgan fingerprint density at radius 1 is 1.58 bits per heavy atom. The van der Waals surface area contributed by atoms with Crippen molar-refractivity contribution in [1.82, 2.24) is 14.8 Å². The van der Waals surface area contributed by atoms with Crippen LogP contribution in [0.4, 0.5) is 0 Å². The van der Waals surface area contributed by atoms with E-state index in [0.29, 0.717) is 11.3 Å². The maximum absolute atomic E-state index is 8.72. The fraction of sp³-hybridized carbons (Fsp3) is 0.250. The average Bonchev–Trinajstić information content (AvgIpc) is 2.86. The number of rotatable bonds is 5. The van der Waals surface area contributed by atoms with Crippen LogP contribution < -0.4 is 10.5 Å². The molecule has 2 aromatic rings. The Morgan fingerprint density at radius 3 is 3.16 bits per heavy atom. The third-order valence-electron chi connectivity index (χ3n) is 2.43. The Kier molecular flexibility index (Phi) is 3.97. The summed E-state index contributed by atoms with van der Waals surface area (Å²) in [6.07, 6.45) is 5.93. The Bertz CT molecular complexity index is 579. The van der Waals surface area contributed by atoms with Crippen LogP contribution in [0, 0.1) is 0 Å². The molecule has 0 unspecified atom stereocenters. The van der Waals surface area contributed by atoms with Crippen LogP contribution in [0.2, 0.25) is 0 Å². The molecule has 0 atom stereocenters. The van der Waals surface area contributed by atoms with E-state index >= 15 is 0 Å². The van der Waals surface area contributed by atoms with Gasteiger partial charge in [0.05, 0.1) is 18.0 Å². The van der Waals surface area contributed by atoms with E-state index in [-0.39, 0.29) is 11.7 Å². The van der Waals surface area contributed by atoms with Crippen LogP contribution in [0.5, 0.6) is 11.6 Å². The van der Waals surface area contributed by atoms with Gasteiger partial charge in [-0.1, -0.05) is 12.1 Å². The summed E-state index contributed by atoms with van der Waals surface area (Å²) in [5, 5.41) is 15.8. The highest BCUT2D eigenvalue weighted by Gasteiger charge is 2.11. The van der Waals surface area contributed by atoms with Crippen molar-refractivity contribution in [3.05, 3.63) is 36.3 Å². The van der Waals surface area contributed by atoms with Gasteiger partial charge in [-0.05, 0) is 18.6 Å². The second-order valence-corrected chi connectivity index (χ2v) is 3.88. The second-order valence-electron chi connectivity index (χ2n) is 3.88. The Balaban J connectivity index is 2.22. The molecule has 7 heteroatoms. The van der Waals surface area contributed by atoms with E-state index in [4.69, 9.17) is 15.7 Å². The highest BCUT2D eigenvalue weighted by Crippen LogP contribution is 2.22. The maximum Gasteiger partial charge on any atom is 0.230 e. The van der Waals surface area contributed by atoms with Gasteiger partial charge in [0.25, 0.3) is 0 Å². The molecule has 0 aliphatic heterocycles. The predicted molar refractivity (Wildman–Crippen MR) is 69.3 cm³/mol. The molecular weight excluding hydrogens is 246 g/mol. The summed E-state index contributed by atoms with van der Waals surface area (Å²) in [6, 6.07) is 3.34. The number of aromatic nitrogens is 3. The number of pyridine rings is 1. The molecule has 0 spiro atoms. The number of nitrogens with two attached hydrogens (primary N) is 1. The molecular formula is C12H15N5O2. The SMILES string of the molecule is CCCn1cc(Oc2ncccc2/C(N)=N/O)cn1. The van der Waals surface area contributed by atoms with Gasteiger partial charge in [0.15, 0.2) is 11.6 Å². The number of hydrogen-bond donors (Lipinski definition) is 2. The number of amidine groups is 1. The van der Waals surface area contributed by atoms with Gasteiger partial charge in [0.2, 0.25) is 5.88 Å². The maximum atomic E-state index is 8.72. The first-order valence-corrected chi connectivity index (χ1v) is 5.87. The highest BCUT2D eigenvalue weighted by molar-refractivity contribution is 5.99. The zero-order valence-corrected chi connectivity index (χ0v) is 10.5. The second kappa shape index (κ2) is 5.85. The van der Waals surface area contributed by atoms with Crippen LogP contribution in [0.15, 0.2) is 35.9 Å². The summed E-state index contributed by atoms with van der Waals surface area (Å²) in [5.41, 5.74) is 5.99. The molecule has 2 heterocycles. The van der Waals surface area contributed by atoms with Crippen molar-refractivity contribution in [3.8, 4) is 11.6 Å². The minimum Gasteiger partial charge on any atom is -0.435 e. The number of aryl methyl sites for hydroxylation is 1. The molecule has 0 aliphatic rings. The molecule has 2 rings (SSSR count). The van der Waals surface area contributed by atoms with Crippen molar-refractivity contribution in [2.75, 3.05) is 0 Å². The van der Waals surface area contributed by atoms with Gasteiger partial charge in [-0.25, -0.2) is 4.98 Å². The summed E-state index contributed by atoms with van der Waals surface area (Å²) in [6.45, 7) is 2.89. The number of oxime groups is 1. The van der Waals surface area contributed by atoms with E-state index in [1.54, 1.807) is 35.4 Å². The first-order valence-electron chi connectivity index (χ1n) is 5.87. The molecule has 0 saturated carbocycles. The summed E-state index contributed by atoms with van der Waals surface area (Å²) in [4.78, 5) is 4.07. The molecule has 19 heavy (non-hydrogen) atoms. The zero-order valence-electron chi connectivity index (χ0n) is 10.5. The summed E-state index contributed by atoms with van der Waals surface area (Å²) < 4.78 is 7.37. The standard InChI is InChI=1S/C12H15N5O2/c1-2-6-17-8-9(7-15-17)19-12-10(11(13)16-18)4-3-5-14-12/h3-5,7-8,18H,2,6H2,1H3,(H2,13,16). The average molecular weight is 261 g/mol. The largest absolute Gasteiger partial charge is 0.435 e. The molecule has 0 saturated heterocycles. The monoisotopic (exact) mass is 261 g/mol. The van der Waals surface area contributed by atoms with Crippen LogP contribution in [0.3, 0.4) is 0 Å². The summed E-state index contributed by atoms with van der Waals surface area (Å²) in [5.74, 6) is 0.775. The fourth-order valence-corrected chi connectivity index (χ4v) is 1.58. The Hall–Kier alpha value is -2.57. The van der Waals surface area contributed by atoms with Crippen LogP contribution in [-0.2, 0) is 6.54 Å². The third-order valence-corrected chi connectivity index (χ3v) is 2.43. The lowest BCUT2D eigenvalue weighted by Gasteiger charge is -2.06. The van der Waals surface area contributed by atoms with Crippen molar-refractivity contribution in [1.29, 1.82) is 0 Å². The number of ether oxygens (including phenoxy) is 1. The molecule has 0 bridgehead atoms. The molecule has 3 N–H and O–H groups in total. The highest BCUT2D eigenvalue weighted by atomic mass is 16.5. The first kappa shape index (κ1) is 12.9. The van der Waals surface area contributed by atoms with E-state index in [1.807, 2.05) is 0 Å². The minimum atomic E-state index is -0.0518. The van der Waals surface area contributed by atoms with E-state index in [0.717, 1.165) is 13.0 Å². The summed E-state index contributed by atoms with van der Waals surface area (Å²) >= 11 is 0. The van der Waals surface area contributed by atoms with Crippen LogP contribution in [-0.4, -0.2) is 25.8 Å². The van der Waals surface area contributed by atoms with Gasteiger partial charge in [-0.2, -0.15) is 5.10 Å². The quantitative estimate of drug-likeness (QED) is 0.368. The first-order chi connectivity index (χ1) is 9.24. The van der Waals surface area contributed by atoms with Crippen LogP contribution in [0.25, 0.3) is 0 Å². The van der Waals surface area contributed by atoms with Gasteiger partial charge >= 0.3 is 0 Å². The zero-order chi connectivity index (χ0) is 13.7. The van der Waals surface area contributed by atoms with Crippen LogP contribution >= 0.6 is 0 Å². The minimum absolute atomic E-state index is 0.0518. The molecule has 7 nitrogen and oxygen atoms in total. The predicted octanol–water partition coefficient (Wildman–Crippen LogP) is 1.57. The van der Waals surface area contributed by atoms with Crippen molar-refractivity contribution in [3.63, 3.8) is 0 Å². The molecule has 0 fully saturated rings. The third kappa shape index (κ3) is 3.01. The van der Waals surface area contributed by atoms with E-state index < -0.39 is 0 Å². The Morgan fingerprint density at radius 2 is 2.42 bits per heavy atom. The van der Waals surface area contributed by atoms with Gasteiger partial charge in [0.1, 0.15) is 0 Å². The number of nitrogens with zero attached hydrogens (tertiary/aromatic N) is 4. The van der Waals surface area contributed by atoms with E-state index in [9.17, 15) is 0 Å². The lowest BCUT2D eigenvalue weighted by Crippen LogP contribution is -2.14. The topological polar surface area (TPSA) is 98.6 Å². The van der Waals surface area contributed by atoms with E-state index in [1.165, 1.54) is 0 Å². The molecule has 0 radical (unpaired) electrons. The molecule has 0 aromatic carbocycles. The molecule has 2 aromatic heterocycles. The lowest BCUT2D eigenvalue weighted by atomic mass is 10.2. The summed E-state index contributed by atoms with van der Waals surface area (Å²) in [7, 11) is 0. The van der Waals surface area contributed by atoms with Crippen molar-refractivity contribution in [2.45, 2.75) is 19.9 Å². The molecule has 0 amide bonds. The van der Waals surface area contributed by atoms with Crippen molar-refractivity contribution < 1.29 is 9.94 Å². The number of hydrogen-bond acceptors (Lipinski definition) is 5. The lowest BCUT2D eigenvalue weighted by molar-refractivity contribution is 0.318. The van der Waals surface area contributed by atoms with Gasteiger partial charge in [-0.3, -0.25) is 4.68 Å².